The summed E-state index contributed by atoms with van der Waals surface area (Å²) in [4.78, 5) is 6.66. The van der Waals surface area contributed by atoms with Crippen LogP contribution in [0.3, 0.4) is 0 Å². The van der Waals surface area contributed by atoms with Gasteiger partial charge in [-0.05, 0) is 24.3 Å². The Bertz CT molecular complexity index is 925. The fourth-order valence-corrected chi connectivity index (χ4v) is 3.76. The molecule has 3 aromatic rings. The second kappa shape index (κ2) is 6.76. The van der Waals surface area contributed by atoms with Crippen molar-refractivity contribution in [3.63, 3.8) is 0 Å². The van der Waals surface area contributed by atoms with Crippen LogP contribution in [0.2, 0.25) is 0 Å². The number of rotatable bonds is 5. The third-order valence-corrected chi connectivity index (χ3v) is 5.18. The number of fused-ring (bicyclic) bond motifs is 1. The van der Waals surface area contributed by atoms with Gasteiger partial charge in [-0.2, -0.15) is 0 Å². The van der Waals surface area contributed by atoms with Crippen LogP contribution in [0.15, 0.2) is 42.6 Å². The molecule has 0 atom stereocenters. The molecule has 0 saturated carbocycles. The first-order valence-electron chi connectivity index (χ1n) is 8.00. The monoisotopic (exact) mass is 370 g/mol. The number of ether oxygens (including phenoxy) is 4. The van der Waals surface area contributed by atoms with E-state index in [1.165, 1.54) is 0 Å². The van der Waals surface area contributed by atoms with Gasteiger partial charge in [0.15, 0.2) is 23.4 Å². The van der Waals surface area contributed by atoms with Crippen LogP contribution in [0.1, 0.15) is 5.56 Å². The Hall–Kier alpha value is -2.93. The number of para-hydroxylation sites is 1. The summed E-state index contributed by atoms with van der Waals surface area (Å²) in [6, 6.07) is 11.8. The first-order valence-corrected chi connectivity index (χ1v) is 8.82. The zero-order valence-electron chi connectivity index (χ0n) is 14.7. The summed E-state index contributed by atoms with van der Waals surface area (Å²) in [6.45, 7) is 0.409. The molecule has 7 heteroatoms. The molecule has 0 fully saturated rings. The lowest BCUT2D eigenvalue weighted by atomic mass is 10.1. The van der Waals surface area contributed by atoms with E-state index < -0.39 is 0 Å². The summed E-state index contributed by atoms with van der Waals surface area (Å²) in [6.07, 6.45) is 1.94. The van der Waals surface area contributed by atoms with Gasteiger partial charge in [0.2, 0.25) is 5.75 Å². The Morgan fingerprint density at radius 3 is 2.42 bits per heavy atom. The average molecular weight is 370 g/mol. The maximum Gasteiger partial charge on any atom is 0.203 e. The van der Waals surface area contributed by atoms with Crippen LogP contribution < -0.4 is 19.1 Å². The van der Waals surface area contributed by atoms with Gasteiger partial charge in [0.05, 0.1) is 37.7 Å². The highest BCUT2D eigenvalue weighted by Crippen LogP contribution is 2.41. The van der Waals surface area contributed by atoms with Crippen LogP contribution in [0, 0.1) is 0 Å². The SMILES string of the molecule is COc1cc(C2=CN(c3nc4ccccc4s3)CO2)cc(OC)c1OC. The van der Waals surface area contributed by atoms with Gasteiger partial charge in [-0.1, -0.05) is 23.5 Å². The van der Waals surface area contributed by atoms with Crippen molar-refractivity contribution < 1.29 is 18.9 Å². The van der Waals surface area contributed by atoms with Crippen molar-refractivity contribution in [2.45, 2.75) is 0 Å². The van der Waals surface area contributed by atoms with Crippen LogP contribution >= 0.6 is 11.3 Å². The molecule has 1 aromatic heterocycles. The highest BCUT2D eigenvalue weighted by atomic mass is 32.1. The Morgan fingerprint density at radius 1 is 1.04 bits per heavy atom. The lowest BCUT2D eigenvalue weighted by Crippen LogP contribution is -2.12. The smallest absolute Gasteiger partial charge is 0.203 e. The first-order chi connectivity index (χ1) is 12.7. The largest absolute Gasteiger partial charge is 0.493 e. The van der Waals surface area contributed by atoms with Crippen molar-refractivity contribution in [3.05, 3.63) is 48.2 Å². The Balaban J connectivity index is 1.69. The van der Waals surface area contributed by atoms with Gasteiger partial charge in [-0.3, -0.25) is 4.90 Å². The molecule has 0 spiro atoms. The molecule has 0 bridgehead atoms. The maximum atomic E-state index is 5.88. The molecule has 0 saturated heterocycles. The van der Waals surface area contributed by atoms with Gasteiger partial charge in [0.1, 0.15) is 5.76 Å². The molecule has 1 aliphatic heterocycles. The van der Waals surface area contributed by atoms with Gasteiger partial charge < -0.3 is 18.9 Å². The molecule has 0 aliphatic carbocycles. The predicted molar refractivity (Wildman–Crippen MR) is 102 cm³/mol. The van der Waals surface area contributed by atoms with E-state index in [1.54, 1.807) is 32.7 Å². The highest BCUT2D eigenvalue weighted by Gasteiger charge is 2.22. The molecule has 4 rings (SSSR count). The molecular weight excluding hydrogens is 352 g/mol. The molecule has 6 nitrogen and oxygen atoms in total. The van der Waals surface area contributed by atoms with E-state index in [-0.39, 0.29) is 0 Å². The molecule has 2 aromatic carbocycles. The number of nitrogens with zero attached hydrogens (tertiary/aromatic N) is 2. The molecule has 26 heavy (non-hydrogen) atoms. The number of methoxy groups -OCH3 is 3. The second-order valence-corrected chi connectivity index (χ2v) is 6.62. The Morgan fingerprint density at radius 2 is 1.77 bits per heavy atom. The topological polar surface area (TPSA) is 53.1 Å². The van der Waals surface area contributed by atoms with Crippen LogP contribution in [-0.4, -0.2) is 33.0 Å². The normalized spacial score (nSPS) is 13.5. The molecule has 0 unspecified atom stereocenters. The van der Waals surface area contributed by atoms with E-state index in [0.29, 0.717) is 24.0 Å². The lowest BCUT2D eigenvalue weighted by Gasteiger charge is -2.14. The summed E-state index contributed by atoms with van der Waals surface area (Å²) in [5.74, 6) is 2.46. The summed E-state index contributed by atoms with van der Waals surface area (Å²) >= 11 is 1.63. The summed E-state index contributed by atoms with van der Waals surface area (Å²) in [5, 5.41) is 0.897. The number of thiazole rings is 1. The van der Waals surface area contributed by atoms with Crippen LogP contribution in [-0.2, 0) is 4.74 Å². The van der Waals surface area contributed by atoms with E-state index in [1.807, 2.05) is 41.4 Å². The minimum absolute atomic E-state index is 0.409. The molecule has 1 aliphatic rings. The van der Waals surface area contributed by atoms with Crippen molar-refractivity contribution in [1.29, 1.82) is 0 Å². The lowest BCUT2D eigenvalue weighted by molar-refractivity contribution is 0.305. The zero-order chi connectivity index (χ0) is 18.1. The van der Waals surface area contributed by atoms with Gasteiger partial charge in [-0.15, -0.1) is 0 Å². The van der Waals surface area contributed by atoms with Crippen LogP contribution in [0.25, 0.3) is 16.0 Å². The Labute approximate surface area is 155 Å². The summed E-state index contributed by atoms with van der Waals surface area (Å²) < 4.78 is 23.2. The van der Waals surface area contributed by atoms with E-state index in [0.717, 1.165) is 26.7 Å². The van der Waals surface area contributed by atoms with E-state index in [9.17, 15) is 0 Å². The number of hydrogen-bond acceptors (Lipinski definition) is 7. The average Bonchev–Trinajstić information content (AvgIpc) is 3.33. The van der Waals surface area contributed by atoms with Crippen molar-refractivity contribution in [1.82, 2.24) is 4.98 Å². The third-order valence-electron chi connectivity index (χ3n) is 4.11. The van der Waals surface area contributed by atoms with Gasteiger partial charge in [0, 0.05) is 5.56 Å². The molecule has 0 radical (unpaired) electrons. The van der Waals surface area contributed by atoms with Crippen molar-refractivity contribution >= 4 is 32.4 Å². The van der Waals surface area contributed by atoms with Crippen molar-refractivity contribution in [2.24, 2.45) is 0 Å². The molecule has 0 amide bonds. The third kappa shape index (κ3) is 2.80. The second-order valence-electron chi connectivity index (χ2n) is 5.61. The standard InChI is InChI=1S/C19H18N2O4S/c1-22-14-8-12(9-15(23-2)18(14)24-3)16-10-21(11-25-16)19-20-13-6-4-5-7-17(13)26-19/h4-10H,11H2,1-3H3. The first kappa shape index (κ1) is 16.5. The van der Waals surface area contributed by atoms with Gasteiger partial charge in [-0.25, -0.2) is 4.98 Å². The highest BCUT2D eigenvalue weighted by molar-refractivity contribution is 7.22. The van der Waals surface area contributed by atoms with E-state index >= 15 is 0 Å². The van der Waals surface area contributed by atoms with E-state index in [2.05, 4.69) is 11.1 Å². The molecular formula is C19H18N2O4S. The minimum Gasteiger partial charge on any atom is -0.493 e. The van der Waals surface area contributed by atoms with Crippen molar-refractivity contribution in [3.8, 4) is 17.2 Å². The molecule has 2 heterocycles. The minimum atomic E-state index is 0.409. The fourth-order valence-electron chi connectivity index (χ4n) is 2.83. The quantitative estimate of drug-likeness (QED) is 0.674. The van der Waals surface area contributed by atoms with Crippen molar-refractivity contribution in [2.75, 3.05) is 33.0 Å². The predicted octanol–water partition coefficient (Wildman–Crippen LogP) is 4.11. The summed E-state index contributed by atoms with van der Waals surface area (Å²) in [5.41, 5.74) is 1.84. The van der Waals surface area contributed by atoms with Gasteiger partial charge in [0.25, 0.3) is 0 Å². The van der Waals surface area contributed by atoms with Crippen LogP contribution in [0.5, 0.6) is 17.2 Å². The number of aromatic nitrogens is 1. The van der Waals surface area contributed by atoms with E-state index in [4.69, 9.17) is 18.9 Å². The van der Waals surface area contributed by atoms with Gasteiger partial charge >= 0.3 is 0 Å². The number of anilines is 1. The maximum absolute atomic E-state index is 5.88. The zero-order valence-corrected chi connectivity index (χ0v) is 15.5. The Kier molecular flexibility index (Phi) is 4.30. The molecule has 134 valence electrons. The summed E-state index contributed by atoms with van der Waals surface area (Å²) in [7, 11) is 4.77. The number of hydrogen-bond donors (Lipinski definition) is 0. The van der Waals surface area contributed by atoms with Crippen LogP contribution in [0.4, 0.5) is 5.13 Å². The molecule has 0 N–H and O–H groups in total. The number of benzene rings is 2. The fraction of sp³-hybridized carbons (Fsp3) is 0.211.